The normalized spacial score (nSPS) is 18.5. The number of nitrogens with zero attached hydrogens (tertiary/aromatic N) is 4. The Morgan fingerprint density at radius 2 is 2.16 bits per heavy atom. The van der Waals surface area contributed by atoms with Gasteiger partial charge in [-0.25, -0.2) is 0 Å². The third kappa shape index (κ3) is 5.07. The molecule has 1 unspecified atom stereocenters. The third-order valence-electron chi connectivity index (χ3n) is 5.67. The lowest BCUT2D eigenvalue weighted by Gasteiger charge is -2.30. The van der Waals surface area contributed by atoms with Crippen LogP contribution in [-0.4, -0.2) is 75.3 Å². The molecular formula is C22H28N6O3S. The monoisotopic (exact) mass is 456 g/mol. The molecule has 0 bridgehead atoms. The van der Waals surface area contributed by atoms with Gasteiger partial charge >= 0.3 is 0 Å². The average Bonchev–Trinajstić information content (AvgIpc) is 3.46. The van der Waals surface area contributed by atoms with Gasteiger partial charge in [-0.2, -0.15) is 4.98 Å². The predicted molar refractivity (Wildman–Crippen MR) is 123 cm³/mol. The Hall–Kier alpha value is -3.01. The Kier molecular flexibility index (Phi) is 6.99. The van der Waals surface area contributed by atoms with E-state index in [4.69, 9.17) is 10.5 Å². The van der Waals surface area contributed by atoms with Crippen molar-refractivity contribution < 1.29 is 14.3 Å². The van der Waals surface area contributed by atoms with Gasteiger partial charge in [0, 0.05) is 44.8 Å². The van der Waals surface area contributed by atoms with Crippen molar-refractivity contribution in [2.24, 2.45) is 0 Å². The minimum absolute atomic E-state index is 0.00624. The number of benzene rings is 1. The van der Waals surface area contributed by atoms with Gasteiger partial charge in [0.1, 0.15) is 5.82 Å². The molecule has 3 N–H and O–H groups in total. The fourth-order valence-electron chi connectivity index (χ4n) is 4.10. The first-order chi connectivity index (χ1) is 15.5. The molecule has 1 aromatic carbocycles. The molecule has 0 saturated carbocycles. The Bertz CT molecular complexity index is 993. The third-order valence-corrected chi connectivity index (χ3v) is 6.75. The zero-order valence-electron chi connectivity index (χ0n) is 18.1. The minimum atomic E-state index is -0.146. The van der Waals surface area contributed by atoms with Crippen molar-refractivity contribution in [1.29, 1.82) is 0 Å². The molecule has 2 aromatic rings. The summed E-state index contributed by atoms with van der Waals surface area (Å²) in [6.07, 6.45) is 2.59. The molecule has 0 spiro atoms. The summed E-state index contributed by atoms with van der Waals surface area (Å²) >= 11 is 1.64. The van der Waals surface area contributed by atoms with Gasteiger partial charge in [-0.15, -0.1) is 16.9 Å². The van der Waals surface area contributed by atoms with E-state index < -0.39 is 0 Å². The Labute approximate surface area is 191 Å². The lowest BCUT2D eigenvalue weighted by atomic mass is 10.1. The highest BCUT2D eigenvalue weighted by Gasteiger charge is 2.32. The number of thioether (sulfide) groups is 1. The molecule has 2 aliphatic rings. The first-order valence-electron chi connectivity index (χ1n) is 10.8. The number of hydrogen-bond donors (Lipinski definition) is 2. The summed E-state index contributed by atoms with van der Waals surface area (Å²) in [5.41, 5.74) is 6.50. The summed E-state index contributed by atoms with van der Waals surface area (Å²) in [6.45, 7) is 1.68. The number of nitrogens with one attached hydrogen (secondary N) is 1. The van der Waals surface area contributed by atoms with E-state index in [2.05, 4.69) is 15.2 Å². The first kappa shape index (κ1) is 22.2. The van der Waals surface area contributed by atoms with Crippen molar-refractivity contribution in [3.05, 3.63) is 47.5 Å². The van der Waals surface area contributed by atoms with Crippen molar-refractivity contribution in [1.82, 2.24) is 25.0 Å². The van der Waals surface area contributed by atoms with Gasteiger partial charge in [-0.05, 0) is 18.4 Å². The van der Waals surface area contributed by atoms with E-state index in [1.807, 2.05) is 35.2 Å². The number of likely N-dealkylation sites (N-methyl/N-ethyl adjacent to an activating group) is 1. The predicted octanol–water partition coefficient (Wildman–Crippen LogP) is 1.90. The van der Waals surface area contributed by atoms with Crippen LogP contribution in [0, 0.1) is 0 Å². The van der Waals surface area contributed by atoms with E-state index in [1.165, 1.54) is 0 Å². The van der Waals surface area contributed by atoms with Gasteiger partial charge < -0.3 is 20.3 Å². The second-order valence-corrected chi connectivity index (χ2v) is 9.04. The largest absolute Gasteiger partial charge is 0.486 e. The number of amides is 2. The van der Waals surface area contributed by atoms with Crippen LogP contribution in [0.25, 0.3) is 4.91 Å². The quantitative estimate of drug-likeness (QED) is 0.653. The minimum Gasteiger partial charge on any atom is -0.486 e. The number of rotatable bonds is 7. The van der Waals surface area contributed by atoms with Crippen LogP contribution in [0.3, 0.4) is 0 Å². The van der Waals surface area contributed by atoms with Gasteiger partial charge in [0.05, 0.1) is 11.5 Å². The van der Waals surface area contributed by atoms with Crippen molar-refractivity contribution >= 4 is 34.4 Å². The number of nitrogen functional groups attached to an aromatic ring is 1. The van der Waals surface area contributed by atoms with E-state index in [0.717, 1.165) is 29.1 Å². The summed E-state index contributed by atoms with van der Waals surface area (Å²) < 4.78 is 5.82. The molecule has 2 amide bonds. The number of likely N-dealkylation sites (tertiary alicyclic amines) is 1. The molecule has 3 heterocycles. The van der Waals surface area contributed by atoms with Crippen LogP contribution in [0.2, 0.25) is 0 Å². The molecule has 10 heteroatoms. The van der Waals surface area contributed by atoms with E-state index in [-0.39, 0.29) is 23.8 Å². The average molecular weight is 457 g/mol. The molecule has 0 radical (unpaired) electrons. The molecule has 4 rings (SSSR count). The fourth-order valence-corrected chi connectivity index (χ4v) is 5.05. The van der Waals surface area contributed by atoms with Crippen LogP contribution in [0.15, 0.2) is 36.1 Å². The maximum Gasteiger partial charge on any atom is 0.289 e. The molecule has 170 valence electrons. The number of H-pyrrole nitrogens is 1. The molecule has 2 aliphatic heterocycles. The van der Waals surface area contributed by atoms with Crippen molar-refractivity contribution in [3.63, 3.8) is 0 Å². The van der Waals surface area contributed by atoms with Crippen LogP contribution in [-0.2, 0) is 20.7 Å². The molecular weight excluding hydrogens is 428 g/mol. The van der Waals surface area contributed by atoms with Gasteiger partial charge in [-0.3, -0.25) is 14.7 Å². The van der Waals surface area contributed by atoms with Crippen molar-refractivity contribution in [3.8, 4) is 0 Å². The van der Waals surface area contributed by atoms with Crippen LogP contribution in [0.5, 0.6) is 0 Å². The zero-order valence-corrected chi connectivity index (χ0v) is 18.9. The van der Waals surface area contributed by atoms with Gasteiger partial charge in [-0.1, -0.05) is 30.3 Å². The highest BCUT2D eigenvalue weighted by Crippen LogP contribution is 2.35. The van der Waals surface area contributed by atoms with Crippen LogP contribution >= 0.6 is 11.8 Å². The highest BCUT2D eigenvalue weighted by atomic mass is 32.2. The first-order valence-corrected chi connectivity index (χ1v) is 11.8. The number of hydrogen-bond acceptors (Lipinski definition) is 7. The number of anilines is 1. The number of aromatic nitrogens is 3. The summed E-state index contributed by atoms with van der Waals surface area (Å²) in [6, 6.07) is 9.84. The summed E-state index contributed by atoms with van der Waals surface area (Å²) in [5.74, 6) is 1.90. The van der Waals surface area contributed by atoms with Crippen molar-refractivity contribution in [2.75, 3.05) is 38.2 Å². The lowest BCUT2D eigenvalue weighted by Crippen LogP contribution is -2.44. The maximum absolute atomic E-state index is 13.3. The molecule has 9 nitrogen and oxygen atoms in total. The maximum atomic E-state index is 13.3. The molecule has 1 aromatic heterocycles. The smallest absolute Gasteiger partial charge is 0.289 e. The number of aryl methyl sites for hydroxylation is 1. The van der Waals surface area contributed by atoms with Crippen LogP contribution < -0.4 is 5.73 Å². The standard InChI is InChI=1S/C22H28N6O3S/c1-27(21(30)19-20(32-13-12-31-19)15-6-3-2-4-7-15)14-16-8-5-11-28(16)18(29)10-9-17-24-22(23)26-25-17/h2-4,6-7,16H,5,8-14H2,1H3,(H3,23,24,25,26). The van der Waals surface area contributed by atoms with E-state index in [9.17, 15) is 9.59 Å². The van der Waals surface area contributed by atoms with Gasteiger partial charge in [0.15, 0.2) is 5.76 Å². The van der Waals surface area contributed by atoms with Crippen LogP contribution in [0.1, 0.15) is 30.7 Å². The van der Waals surface area contributed by atoms with Crippen LogP contribution in [0.4, 0.5) is 5.95 Å². The molecule has 1 saturated heterocycles. The summed E-state index contributed by atoms with van der Waals surface area (Å²) in [4.78, 5) is 34.6. The molecule has 1 fully saturated rings. The second kappa shape index (κ2) is 10.1. The SMILES string of the molecule is CN(CC1CCCN1C(=O)CCc1nc(N)n[nH]1)C(=O)C1=C(c2ccccc2)SCCO1. The van der Waals surface area contributed by atoms with E-state index in [0.29, 0.717) is 44.1 Å². The summed E-state index contributed by atoms with van der Waals surface area (Å²) in [5, 5.41) is 6.53. The number of nitrogens with two attached hydrogens (primary N) is 1. The van der Waals surface area contributed by atoms with Gasteiger partial charge in [0.25, 0.3) is 5.91 Å². The number of carbonyl (C=O) groups excluding carboxylic acids is 2. The van der Waals surface area contributed by atoms with E-state index >= 15 is 0 Å². The number of aromatic amines is 1. The zero-order chi connectivity index (χ0) is 22.5. The molecule has 32 heavy (non-hydrogen) atoms. The lowest BCUT2D eigenvalue weighted by molar-refractivity contribution is -0.135. The Morgan fingerprint density at radius 3 is 2.91 bits per heavy atom. The highest BCUT2D eigenvalue weighted by molar-refractivity contribution is 8.08. The second-order valence-electron chi connectivity index (χ2n) is 7.93. The Morgan fingerprint density at radius 1 is 1.34 bits per heavy atom. The van der Waals surface area contributed by atoms with E-state index in [1.54, 1.807) is 23.7 Å². The van der Waals surface area contributed by atoms with Gasteiger partial charge in [0.2, 0.25) is 11.9 Å². The Balaban J connectivity index is 1.40. The molecule has 0 aliphatic carbocycles. The fraction of sp³-hybridized carbons (Fsp3) is 0.455. The summed E-state index contributed by atoms with van der Waals surface area (Å²) in [7, 11) is 1.78. The number of carbonyl (C=O) groups is 2. The molecule has 1 atom stereocenters. The van der Waals surface area contributed by atoms with Crippen molar-refractivity contribution in [2.45, 2.75) is 31.7 Å². The topological polar surface area (TPSA) is 117 Å². The number of ether oxygens (including phenoxy) is 1.